The van der Waals surface area contributed by atoms with Crippen LogP contribution in [0.4, 0.5) is 18.9 Å². The predicted molar refractivity (Wildman–Crippen MR) is 72.2 cm³/mol. The van der Waals surface area contributed by atoms with Gasteiger partial charge in [0, 0.05) is 5.92 Å². The first kappa shape index (κ1) is 16.3. The van der Waals surface area contributed by atoms with Gasteiger partial charge in [0.05, 0.1) is 5.92 Å². The van der Waals surface area contributed by atoms with Crippen molar-refractivity contribution >= 4 is 34.8 Å². The van der Waals surface area contributed by atoms with Crippen LogP contribution in [0.1, 0.15) is 25.7 Å². The molecule has 0 aromatic carbocycles. The highest BCUT2D eigenvalue weighted by molar-refractivity contribution is 6.38. The molecule has 1 aliphatic rings. The quantitative estimate of drug-likeness (QED) is 0.824. The second-order valence-corrected chi connectivity index (χ2v) is 5.57. The second kappa shape index (κ2) is 6.36. The van der Waals surface area contributed by atoms with Crippen molar-refractivity contribution in [2.45, 2.75) is 31.9 Å². The number of halogens is 5. The molecule has 1 N–H and O–H groups in total. The minimum Gasteiger partial charge on any atom is -0.321 e. The molecule has 9 heteroatoms. The number of anilines is 1. The Labute approximate surface area is 129 Å². The minimum atomic E-state index is -4.40. The molecule has 0 radical (unpaired) electrons. The Kier molecular flexibility index (Phi) is 4.93. The summed E-state index contributed by atoms with van der Waals surface area (Å²) in [6.07, 6.45) is -2.13. The van der Waals surface area contributed by atoms with Gasteiger partial charge in [0.15, 0.2) is 10.3 Å². The van der Waals surface area contributed by atoms with Gasteiger partial charge in [-0.15, -0.1) is 0 Å². The average molecular weight is 342 g/mol. The van der Waals surface area contributed by atoms with Crippen LogP contribution in [0.25, 0.3) is 0 Å². The fourth-order valence-electron chi connectivity index (χ4n) is 2.50. The fraction of sp³-hybridized carbons (Fsp3) is 0.583. The van der Waals surface area contributed by atoms with Crippen LogP contribution in [0, 0.1) is 11.8 Å². The fourth-order valence-corrected chi connectivity index (χ4v) is 2.91. The topological polar surface area (TPSA) is 54.9 Å². The van der Waals surface area contributed by atoms with Crippen LogP contribution < -0.4 is 5.32 Å². The van der Waals surface area contributed by atoms with Gasteiger partial charge in [0.25, 0.3) is 0 Å². The van der Waals surface area contributed by atoms with Crippen LogP contribution in [0.2, 0.25) is 10.3 Å². The summed E-state index contributed by atoms with van der Waals surface area (Å²) in [4.78, 5) is 19.4. The van der Waals surface area contributed by atoms with Crippen LogP contribution >= 0.6 is 23.2 Å². The lowest BCUT2D eigenvalue weighted by Crippen LogP contribution is -2.39. The highest BCUT2D eigenvalue weighted by Gasteiger charge is 2.48. The van der Waals surface area contributed by atoms with E-state index in [0.717, 1.165) is 6.33 Å². The van der Waals surface area contributed by atoms with Gasteiger partial charge in [0.1, 0.15) is 12.0 Å². The molecule has 1 amide bonds. The van der Waals surface area contributed by atoms with Crippen molar-refractivity contribution in [2.75, 3.05) is 5.32 Å². The summed E-state index contributed by atoms with van der Waals surface area (Å²) in [6, 6.07) is 0. The number of carbonyl (C=O) groups excluding carboxylic acids is 1. The first-order chi connectivity index (χ1) is 9.80. The molecule has 2 atom stereocenters. The van der Waals surface area contributed by atoms with Gasteiger partial charge in [-0.1, -0.05) is 36.0 Å². The average Bonchev–Trinajstić information content (AvgIpc) is 2.42. The lowest BCUT2D eigenvalue weighted by molar-refractivity contribution is -0.197. The number of nitrogens with zero attached hydrogens (tertiary/aromatic N) is 2. The smallest absolute Gasteiger partial charge is 0.321 e. The molecule has 0 spiro atoms. The number of aromatic nitrogens is 2. The zero-order valence-electron chi connectivity index (χ0n) is 10.8. The molecule has 21 heavy (non-hydrogen) atoms. The van der Waals surface area contributed by atoms with E-state index >= 15 is 0 Å². The Balaban J connectivity index is 2.18. The van der Waals surface area contributed by atoms with Crippen molar-refractivity contribution in [1.29, 1.82) is 0 Å². The highest BCUT2D eigenvalue weighted by atomic mass is 35.5. The van der Waals surface area contributed by atoms with Gasteiger partial charge in [0.2, 0.25) is 5.91 Å². The summed E-state index contributed by atoms with van der Waals surface area (Å²) >= 11 is 11.5. The number of nitrogens with one attached hydrogen (secondary N) is 1. The van der Waals surface area contributed by atoms with Crippen LogP contribution in [0.15, 0.2) is 6.33 Å². The van der Waals surface area contributed by atoms with Crippen molar-refractivity contribution in [3.05, 3.63) is 16.6 Å². The second-order valence-electron chi connectivity index (χ2n) is 4.86. The summed E-state index contributed by atoms with van der Waals surface area (Å²) < 4.78 is 39.0. The Morgan fingerprint density at radius 3 is 2.33 bits per heavy atom. The van der Waals surface area contributed by atoms with E-state index in [1.807, 2.05) is 0 Å². The van der Waals surface area contributed by atoms with Crippen LogP contribution in [-0.2, 0) is 4.79 Å². The summed E-state index contributed by atoms with van der Waals surface area (Å²) in [7, 11) is 0. The van der Waals surface area contributed by atoms with Crippen molar-refractivity contribution in [3.8, 4) is 0 Å². The summed E-state index contributed by atoms with van der Waals surface area (Å²) in [5.74, 6) is -3.55. The monoisotopic (exact) mass is 341 g/mol. The van der Waals surface area contributed by atoms with E-state index in [0.29, 0.717) is 12.8 Å². The molecule has 1 aliphatic carbocycles. The Bertz CT molecular complexity index is 519. The van der Waals surface area contributed by atoms with Crippen LogP contribution in [-0.4, -0.2) is 22.1 Å². The maximum absolute atomic E-state index is 13.0. The SMILES string of the molecule is O=C(Nc1c(Cl)ncnc1Cl)C1CCCCC1C(F)(F)F. The Hall–Kier alpha value is -1.08. The van der Waals surface area contributed by atoms with Crippen molar-refractivity contribution in [2.24, 2.45) is 11.8 Å². The van der Waals surface area contributed by atoms with Gasteiger partial charge in [-0.2, -0.15) is 13.2 Å². The molecule has 0 aliphatic heterocycles. The lowest BCUT2D eigenvalue weighted by Gasteiger charge is -2.32. The minimum absolute atomic E-state index is 0.0473. The normalized spacial score (nSPS) is 22.9. The third kappa shape index (κ3) is 3.77. The van der Waals surface area contributed by atoms with E-state index in [4.69, 9.17) is 23.2 Å². The molecule has 1 heterocycles. The summed E-state index contributed by atoms with van der Waals surface area (Å²) in [5.41, 5.74) is -0.0580. The summed E-state index contributed by atoms with van der Waals surface area (Å²) in [5, 5.41) is 2.11. The molecule has 1 saturated carbocycles. The van der Waals surface area contributed by atoms with Crippen molar-refractivity contribution < 1.29 is 18.0 Å². The Morgan fingerprint density at radius 1 is 1.19 bits per heavy atom. The third-order valence-corrected chi connectivity index (χ3v) is 4.10. The predicted octanol–water partition coefficient (Wildman–Crippen LogP) is 4.09. The van der Waals surface area contributed by atoms with Gasteiger partial charge in [-0.05, 0) is 12.8 Å². The van der Waals surface area contributed by atoms with Crippen LogP contribution in [0.3, 0.4) is 0 Å². The zero-order chi connectivity index (χ0) is 15.6. The number of rotatable bonds is 2. The number of hydrogen-bond acceptors (Lipinski definition) is 3. The van der Waals surface area contributed by atoms with Crippen molar-refractivity contribution in [1.82, 2.24) is 9.97 Å². The lowest BCUT2D eigenvalue weighted by atomic mass is 9.78. The number of hydrogen-bond donors (Lipinski definition) is 1. The van der Waals surface area contributed by atoms with Gasteiger partial charge < -0.3 is 5.32 Å². The molecule has 0 saturated heterocycles. The van der Waals surface area contributed by atoms with Crippen LogP contribution in [0.5, 0.6) is 0 Å². The molecule has 2 unspecified atom stereocenters. The molecule has 2 rings (SSSR count). The first-order valence-corrected chi connectivity index (χ1v) is 7.10. The zero-order valence-corrected chi connectivity index (χ0v) is 12.3. The molecule has 1 aromatic rings. The number of carbonyl (C=O) groups is 1. The van der Waals surface area contributed by atoms with Crippen molar-refractivity contribution in [3.63, 3.8) is 0 Å². The third-order valence-electron chi connectivity index (χ3n) is 3.53. The maximum Gasteiger partial charge on any atom is 0.392 e. The largest absolute Gasteiger partial charge is 0.392 e. The van der Waals surface area contributed by atoms with E-state index < -0.39 is 23.9 Å². The van der Waals surface area contributed by atoms with E-state index in [-0.39, 0.29) is 28.8 Å². The van der Waals surface area contributed by atoms with E-state index in [2.05, 4.69) is 15.3 Å². The van der Waals surface area contributed by atoms with Gasteiger partial charge >= 0.3 is 6.18 Å². The van der Waals surface area contributed by atoms with E-state index in [1.165, 1.54) is 0 Å². The standard InChI is InChI=1S/C12H12Cl2F3N3O/c13-9-8(10(14)19-5-18-9)20-11(21)6-3-1-2-4-7(6)12(15,16)17/h5-7H,1-4H2,(H,20,21). The summed E-state index contributed by atoms with van der Waals surface area (Å²) in [6.45, 7) is 0. The van der Waals surface area contributed by atoms with E-state index in [9.17, 15) is 18.0 Å². The molecule has 116 valence electrons. The maximum atomic E-state index is 13.0. The Morgan fingerprint density at radius 2 is 1.76 bits per heavy atom. The molecule has 1 aromatic heterocycles. The number of amides is 1. The van der Waals surface area contributed by atoms with E-state index in [1.54, 1.807) is 0 Å². The highest BCUT2D eigenvalue weighted by Crippen LogP contribution is 2.42. The molecule has 4 nitrogen and oxygen atoms in total. The molecular weight excluding hydrogens is 330 g/mol. The van der Waals surface area contributed by atoms with Gasteiger partial charge in [-0.3, -0.25) is 4.79 Å². The molecular formula is C12H12Cl2F3N3O. The molecule has 1 fully saturated rings. The van der Waals surface area contributed by atoms with Gasteiger partial charge in [-0.25, -0.2) is 9.97 Å². The number of alkyl halides is 3. The molecule has 0 bridgehead atoms. The first-order valence-electron chi connectivity index (χ1n) is 6.34.